The molecule has 0 bridgehead atoms. The minimum atomic E-state index is -4.08. The van der Waals surface area contributed by atoms with Crippen molar-refractivity contribution >= 4 is 43.2 Å². The average molecular weight is 498 g/mol. The van der Waals surface area contributed by atoms with E-state index in [1.807, 2.05) is 36.4 Å². The Morgan fingerprint density at radius 2 is 1.76 bits per heavy atom. The maximum atomic E-state index is 14.4. The number of nitrogens with zero attached hydrogens (tertiary/aromatic N) is 2. The molecule has 34 heavy (non-hydrogen) atoms. The van der Waals surface area contributed by atoms with Gasteiger partial charge in [0, 0.05) is 29.9 Å². The molecule has 0 atom stereocenters. The van der Waals surface area contributed by atoms with Gasteiger partial charge in [-0.25, -0.2) is 17.8 Å². The zero-order valence-corrected chi connectivity index (χ0v) is 19.5. The second kappa shape index (κ2) is 9.22. The summed E-state index contributed by atoms with van der Waals surface area (Å²) in [4.78, 5) is 16.9. The second-order valence-electron chi connectivity index (χ2n) is 7.68. The summed E-state index contributed by atoms with van der Waals surface area (Å²) in [6, 6.07) is 18.4. The van der Waals surface area contributed by atoms with Crippen LogP contribution in [0.4, 0.5) is 10.1 Å². The number of sulfonamides is 1. The molecule has 1 aromatic heterocycles. The first kappa shape index (κ1) is 22.6. The van der Waals surface area contributed by atoms with Crippen LogP contribution in [0.5, 0.6) is 0 Å². The van der Waals surface area contributed by atoms with Crippen LogP contribution in [-0.4, -0.2) is 49.9 Å². The molecule has 5 rings (SSSR count). The maximum absolute atomic E-state index is 14.4. The number of ether oxygens (including phenoxy) is 1. The number of carbonyl (C=O) groups excluding carboxylic acids is 1. The minimum Gasteiger partial charge on any atom is -0.379 e. The number of amides is 1. The van der Waals surface area contributed by atoms with Crippen LogP contribution in [0.1, 0.15) is 10.4 Å². The predicted octanol–water partition coefficient (Wildman–Crippen LogP) is 4.38. The Bertz CT molecular complexity index is 1430. The summed E-state index contributed by atoms with van der Waals surface area (Å²) in [6.45, 7) is 0.764. The molecule has 4 aromatic rings. The quantitative estimate of drug-likeness (QED) is 0.442. The van der Waals surface area contributed by atoms with Crippen LogP contribution in [0.25, 0.3) is 20.8 Å². The molecule has 1 N–H and O–H groups in total. The van der Waals surface area contributed by atoms with Crippen LogP contribution in [0, 0.1) is 5.82 Å². The third kappa shape index (κ3) is 4.45. The number of nitrogens with one attached hydrogen (secondary N) is 1. The molecule has 3 aromatic carbocycles. The number of thiazole rings is 1. The molecule has 7 nitrogen and oxygen atoms in total. The van der Waals surface area contributed by atoms with Crippen LogP contribution < -0.4 is 5.32 Å². The largest absolute Gasteiger partial charge is 0.379 e. The smallest absolute Gasteiger partial charge is 0.255 e. The molecule has 0 unspecified atom stereocenters. The van der Waals surface area contributed by atoms with Gasteiger partial charge >= 0.3 is 0 Å². The van der Waals surface area contributed by atoms with Crippen molar-refractivity contribution in [1.82, 2.24) is 9.29 Å². The number of anilines is 1. The van der Waals surface area contributed by atoms with Crippen molar-refractivity contribution in [2.45, 2.75) is 4.90 Å². The minimum absolute atomic E-state index is 0.0449. The van der Waals surface area contributed by atoms with Gasteiger partial charge in [0.1, 0.15) is 15.7 Å². The van der Waals surface area contributed by atoms with Crippen LogP contribution in [0.15, 0.2) is 71.6 Å². The van der Waals surface area contributed by atoms with Crippen LogP contribution in [-0.2, 0) is 14.8 Å². The zero-order chi connectivity index (χ0) is 23.7. The highest BCUT2D eigenvalue weighted by molar-refractivity contribution is 7.89. The molecule has 0 saturated carbocycles. The number of hydrogen-bond donors (Lipinski definition) is 1. The molecule has 174 valence electrons. The van der Waals surface area contributed by atoms with Gasteiger partial charge in [0.05, 0.1) is 23.4 Å². The van der Waals surface area contributed by atoms with Gasteiger partial charge in [-0.15, -0.1) is 11.3 Å². The van der Waals surface area contributed by atoms with Crippen molar-refractivity contribution in [3.8, 4) is 10.6 Å². The number of morpholine rings is 1. The Morgan fingerprint density at radius 1 is 1.03 bits per heavy atom. The summed E-state index contributed by atoms with van der Waals surface area (Å²) in [6.07, 6.45) is 0. The normalized spacial score (nSPS) is 14.9. The fourth-order valence-electron chi connectivity index (χ4n) is 3.66. The van der Waals surface area contributed by atoms with Gasteiger partial charge in [-0.2, -0.15) is 4.31 Å². The van der Waals surface area contributed by atoms with Gasteiger partial charge in [0.15, 0.2) is 0 Å². The standard InChI is InChI=1S/C24H20FN3O4S2/c25-19-10-7-17(15-22(19)34(30,31)28-11-13-32-14-12-28)23(29)26-18-8-5-16(6-9-18)24-27-20-3-1-2-4-21(20)33-24/h1-10,15H,11-14H2,(H,26,29). The van der Waals surface area contributed by atoms with Gasteiger partial charge in [0.2, 0.25) is 10.0 Å². The lowest BCUT2D eigenvalue weighted by atomic mass is 10.2. The van der Waals surface area contributed by atoms with E-state index in [2.05, 4.69) is 10.3 Å². The Hall–Kier alpha value is -3.18. The predicted molar refractivity (Wildman–Crippen MR) is 129 cm³/mol. The van der Waals surface area contributed by atoms with Gasteiger partial charge in [-0.3, -0.25) is 4.79 Å². The molecular weight excluding hydrogens is 477 g/mol. The molecule has 2 heterocycles. The van der Waals surface area contributed by atoms with E-state index >= 15 is 0 Å². The van der Waals surface area contributed by atoms with E-state index in [0.29, 0.717) is 5.69 Å². The monoisotopic (exact) mass is 497 g/mol. The molecule has 1 fully saturated rings. The number of halogens is 1. The summed E-state index contributed by atoms with van der Waals surface area (Å²) in [7, 11) is -4.08. The van der Waals surface area contributed by atoms with Gasteiger partial charge in [-0.1, -0.05) is 12.1 Å². The summed E-state index contributed by atoms with van der Waals surface area (Å²) in [5.41, 5.74) is 2.42. The summed E-state index contributed by atoms with van der Waals surface area (Å²) < 4.78 is 47.6. The van der Waals surface area contributed by atoms with E-state index in [9.17, 15) is 17.6 Å². The highest BCUT2D eigenvalue weighted by atomic mass is 32.2. The van der Waals surface area contributed by atoms with Crippen molar-refractivity contribution in [3.63, 3.8) is 0 Å². The van der Waals surface area contributed by atoms with Gasteiger partial charge in [-0.05, 0) is 54.6 Å². The second-order valence-corrected chi connectivity index (χ2v) is 10.6. The van der Waals surface area contributed by atoms with E-state index < -0.39 is 26.6 Å². The number of benzene rings is 3. The number of carbonyl (C=O) groups is 1. The van der Waals surface area contributed by atoms with E-state index in [0.717, 1.165) is 37.2 Å². The van der Waals surface area contributed by atoms with E-state index in [1.54, 1.807) is 23.5 Å². The Morgan fingerprint density at radius 3 is 2.50 bits per heavy atom. The number of hydrogen-bond acceptors (Lipinski definition) is 6. The first-order chi connectivity index (χ1) is 16.4. The topological polar surface area (TPSA) is 88.6 Å². The van der Waals surface area contributed by atoms with Gasteiger partial charge < -0.3 is 10.1 Å². The van der Waals surface area contributed by atoms with Crippen molar-refractivity contribution < 1.29 is 22.3 Å². The molecule has 1 aliphatic rings. The van der Waals surface area contributed by atoms with Gasteiger partial charge in [0.25, 0.3) is 5.91 Å². The Balaban J connectivity index is 1.34. The summed E-state index contributed by atoms with van der Waals surface area (Å²) >= 11 is 1.58. The average Bonchev–Trinajstić information content (AvgIpc) is 3.29. The maximum Gasteiger partial charge on any atom is 0.255 e. The molecule has 1 aliphatic heterocycles. The van der Waals surface area contributed by atoms with Crippen molar-refractivity contribution in [2.75, 3.05) is 31.6 Å². The van der Waals surface area contributed by atoms with E-state index in [-0.39, 0.29) is 31.9 Å². The van der Waals surface area contributed by atoms with E-state index in [4.69, 9.17) is 4.74 Å². The van der Waals surface area contributed by atoms with E-state index in [1.165, 1.54) is 6.07 Å². The fourth-order valence-corrected chi connectivity index (χ4v) is 6.13. The molecule has 10 heteroatoms. The lowest BCUT2D eigenvalue weighted by Gasteiger charge is -2.26. The number of rotatable bonds is 5. The highest BCUT2D eigenvalue weighted by Crippen LogP contribution is 2.30. The molecule has 0 radical (unpaired) electrons. The number of para-hydroxylation sites is 1. The van der Waals surface area contributed by atoms with Crippen molar-refractivity contribution in [1.29, 1.82) is 0 Å². The Kier molecular flexibility index (Phi) is 6.13. The van der Waals surface area contributed by atoms with Crippen LogP contribution in [0.3, 0.4) is 0 Å². The van der Waals surface area contributed by atoms with Crippen LogP contribution >= 0.6 is 11.3 Å². The molecule has 1 saturated heterocycles. The third-order valence-electron chi connectivity index (χ3n) is 5.46. The van der Waals surface area contributed by atoms with Crippen LogP contribution in [0.2, 0.25) is 0 Å². The third-order valence-corrected chi connectivity index (χ3v) is 8.46. The first-order valence-corrected chi connectivity index (χ1v) is 12.8. The van der Waals surface area contributed by atoms with Crippen molar-refractivity contribution in [3.05, 3.63) is 78.1 Å². The molecular formula is C24H20FN3O4S2. The molecule has 0 aliphatic carbocycles. The SMILES string of the molecule is O=C(Nc1ccc(-c2nc3ccccc3s2)cc1)c1ccc(F)c(S(=O)(=O)N2CCOCC2)c1. The lowest BCUT2D eigenvalue weighted by Crippen LogP contribution is -2.41. The zero-order valence-electron chi connectivity index (χ0n) is 17.9. The van der Waals surface area contributed by atoms with Crippen molar-refractivity contribution in [2.24, 2.45) is 0 Å². The fraction of sp³-hybridized carbons (Fsp3) is 0.167. The summed E-state index contributed by atoms with van der Waals surface area (Å²) in [5.74, 6) is -1.44. The number of fused-ring (bicyclic) bond motifs is 1. The lowest BCUT2D eigenvalue weighted by molar-refractivity contribution is 0.0729. The molecule has 1 amide bonds. The highest BCUT2D eigenvalue weighted by Gasteiger charge is 2.29. The summed E-state index contributed by atoms with van der Waals surface area (Å²) in [5, 5.41) is 3.61. The first-order valence-electron chi connectivity index (χ1n) is 10.6. The molecule has 0 spiro atoms. The Labute approximate surface area is 199 Å². The number of aromatic nitrogens is 1.